The van der Waals surface area contributed by atoms with Gasteiger partial charge in [-0.15, -0.1) is 10.2 Å². The van der Waals surface area contributed by atoms with E-state index in [2.05, 4.69) is 41.1 Å². The maximum atomic E-state index is 12.7. The zero-order chi connectivity index (χ0) is 24.6. The second kappa shape index (κ2) is 9.06. The predicted molar refractivity (Wildman–Crippen MR) is 125 cm³/mol. The van der Waals surface area contributed by atoms with Gasteiger partial charge in [-0.3, -0.25) is 9.78 Å². The Labute approximate surface area is 202 Å². The van der Waals surface area contributed by atoms with Gasteiger partial charge in [0.25, 0.3) is 5.91 Å². The molecule has 1 aliphatic rings. The first kappa shape index (κ1) is 22.9. The molecule has 0 spiro atoms. The van der Waals surface area contributed by atoms with Crippen LogP contribution in [0.1, 0.15) is 48.1 Å². The van der Waals surface area contributed by atoms with E-state index in [1.54, 1.807) is 40.0 Å². The van der Waals surface area contributed by atoms with Crippen molar-refractivity contribution >= 4 is 11.4 Å². The summed E-state index contributed by atoms with van der Waals surface area (Å²) in [6, 6.07) is 5.36. The normalized spacial score (nSPS) is 14.5. The average Bonchev–Trinajstić information content (AvgIpc) is 3.46. The van der Waals surface area contributed by atoms with Crippen molar-refractivity contribution in [3.8, 4) is 17.4 Å². The topological polar surface area (TPSA) is 121 Å². The van der Waals surface area contributed by atoms with Crippen molar-refractivity contribution in [2.45, 2.75) is 39.7 Å². The summed E-state index contributed by atoms with van der Waals surface area (Å²) in [7, 11) is 0. The molecule has 1 aliphatic heterocycles. The number of fused-ring (bicyclic) bond motifs is 1. The van der Waals surface area contributed by atoms with Crippen LogP contribution in [-0.2, 0) is 16.8 Å². The third-order valence-corrected chi connectivity index (χ3v) is 5.76. The number of morpholine rings is 1. The van der Waals surface area contributed by atoms with Crippen LogP contribution in [0.4, 0.5) is 0 Å². The number of hydrogen-bond acceptors (Lipinski definition) is 9. The molecule has 1 fully saturated rings. The van der Waals surface area contributed by atoms with Crippen molar-refractivity contribution in [2.24, 2.45) is 0 Å². The molecular formula is C24H27N7O4. The van der Waals surface area contributed by atoms with E-state index in [1.165, 1.54) is 0 Å². The number of hydrogen-bond donors (Lipinski definition) is 0. The minimum absolute atomic E-state index is 0.0424. The van der Waals surface area contributed by atoms with Gasteiger partial charge in [0.1, 0.15) is 12.4 Å². The van der Waals surface area contributed by atoms with Crippen molar-refractivity contribution in [3.05, 3.63) is 53.2 Å². The molecule has 35 heavy (non-hydrogen) atoms. The van der Waals surface area contributed by atoms with Crippen LogP contribution in [0.25, 0.3) is 17.0 Å². The Balaban J connectivity index is 1.40. The number of aryl methyl sites for hydroxylation is 1. The first-order chi connectivity index (χ1) is 16.8. The van der Waals surface area contributed by atoms with Crippen LogP contribution in [0, 0.1) is 6.92 Å². The molecule has 0 aliphatic carbocycles. The van der Waals surface area contributed by atoms with E-state index in [0.29, 0.717) is 60.7 Å². The van der Waals surface area contributed by atoms with Crippen molar-refractivity contribution in [1.29, 1.82) is 0 Å². The van der Waals surface area contributed by atoms with Gasteiger partial charge in [-0.2, -0.15) is 5.10 Å². The van der Waals surface area contributed by atoms with Gasteiger partial charge in [0.05, 0.1) is 36.2 Å². The average molecular weight is 478 g/mol. The molecular weight excluding hydrogens is 450 g/mol. The molecule has 11 nitrogen and oxygen atoms in total. The van der Waals surface area contributed by atoms with Crippen LogP contribution in [0.3, 0.4) is 0 Å². The lowest BCUT2D eigenvalue weighted by atomic mass is 9.88. The molecule has 1 amide bonds. The Kier molecular flexibility index (Phi) is 5.93. The lowest BCUT2D eigenvalue weighted by molar-refractivity contribution is 0.0302. The monoisotopic (exact) mass is 477 g/mol. The van der Waals surface area contributed by atoms with E-state index in [1.807, 2.05) is 6.92 Å². The standard InChI is InChI=1S/C24H27N7O4/c1-15-11-18(29-35-15)21-27-26-13-19-20(24(2,3)4)22(28-31(19)21)34-14-17-6-5-16(12-25-17)23(32)30-7-9-33-10-8-30/h5-6,11-13H,7-10,14H2,1-4H3. The molecule has 5 heterocycles. The Hall–Kier alpha value is -3.86. The van der Waals surface area contributed by atoms with Crippen molar-refractivity contribution in [1.82, 2.24) is 34.9 Å². The zero-order valence-electron chi connectivity index (χ0n) is 20.2. The highest BCUT2D eigenvalue weighted by atomic mass is 16.5. The number of nitrogens with zero attached hydrogens (tertiary/aromatic N) is 7. The Morgan fingerprint density at radius 2 is 1.97 bits per heavy atom. The quantitative estimate of drug-likeness (QED) is 0.427. The van der Waals surface area contributed by atoms with Crippen LogP contribution in [0.15, 0.2) is 35.1 Å². The maximum absolute atomic E-state index is 12.7. The van der Waals surface area contributed by atoms with Gasteiger partial charge in [0.2, 0.25) is 11.7 Å². The van der Waals surface area contributed by atoms with E-state index >= 15 is 0 Å². The second-order valence-corrected chi connectivity index (χ2v) is 9.45. The van der Waals surface area contributed by atoms with Gasteiger partial charge < -0.3 is 18.9 Å². The molecule has 0 saturated carbocycles. The van der Waals surface area contributed by atoms with E-state index < -0.39 is 0 Å². The maximum Gasteiger partial charge on any atom is 0.255 e. The summed E-state index contributed by atoms with van der Waals surface area (Å²) in [5.74, 6) is 1.55. The van der Waals surface area contributed by atoms with Gasteiger partial charge >= 0.3 is 0 Å². The van der Waals surface area contributed by atoms with Gasteiger partial charge in [-0.1, -0.05) is 25.9 Å². The van der Waals surface area contributed by atoms with Gasteiger partial charge in [0, 0.05) is 30.9 Å². The smallest absolute Gasteiger partial charge is 0.255 e. The Morgan fingerprint density at radius 3 is 2.63 bits per heavy atom. The third-order valence-electron chi connectivity index (χ3n) is 5.76. The van der Waals surface area contributed by atoms with Gasteiger partial charge in [0.15, 0.2) is 5.69 Å². The molecule has 0 unspecified atom stereocenters. The number of amides is 1. The molecule has 4 aromatic rings. The van der Waals surface area contributed by atoms with Crippen LogP contribution in [-0.4, -0.2) is 67.1 Å². The van der Waals surface area contributed by atoms with E-state index in [9.17, 15) is 4.79 Å². The summed E-state index contributed by atoms with van der Waals surface area (Å²) in [5.41, 5.74) is 3.16. The first-order valence-corrected chi connectivity index (χ1v) is 11.4. The van der Waals surface area contributed by atoms with Crippen molar-refractivity contribution < 1.29 is 18.8 Å². The second-order valence-electron chi connectivity index (χ2n) is 9.45. The minimum Gasteiger partial charge on any atom is -0.470 e. The largest absolute Gasteiger partial charge is 0.470 e. The number of carbonyl (C=O) groups is 1. The fourth-order valence-electron chi connectivity index (χ4n) is 4.04. The van der Waals surface area contributed by atoms with Crippen LogP contribution in [0.2, 0.25) is 0 Å². The number of ether oxygens (including phenoxy) is 2. The molecule has 11 heteroatoms. The number of aromatic nitrogens is 6. The molecule has 5 rings (SSSR count). The minimum atomic E-state index is -0.279. The molecule has 1 saturated heterocycles. The summed E-state index contributed by atoms with van der Waals surface area (Å²) in [4.78, 5) is 18.9. The fourth-order valence-corrected chi connectivity index (χ4v) is 4.04. The molecule has 0 bridgehead atoms. The summed E-state index contributed by atoms with van der Waals surface area (Å²) >= 11 is 0. The predicted octanol–water partition coefficient (Wildman–Crippen LogP) is 2.83. The van der Waals surface area contributed by atoms with Crippen molar-refractivity contribution in [3.63, 3.8) is 0 Å². The Bertz CT molecular complexity index is 1350. The van der Waals surface area contributed by atoms with Crippen LogP contribution < -0.4 is 4.74 Å². The van der Waals surface area contributed by atoms with Gasteiger partial charge in [-0.25, -0.2) is 4.52 Å². The molecule has 0 radical (unpaired) electrons. The highest BCUT2D eigenvalue weighted by Crippen LogP contribution is 2.36. The van der Waals surface area contributed by atoms with Crippen LogP contribution in [0.5, 0.6) is 5.88 Å². The highest BCUT2D eigenvalue weighted by molar-refractivity contribution is 5.94. The highest BCUT2D eigenvalue weighted by Gasteiger charge is 2.28. The lowest BCUT2D eigenvalue weighted by Crippen LogP contribution is -2.40. The molecule has 0 N–H and O–H groups in total. The Morgan fingerprint density at radius 1 is 1.17 bits per heavy atom. The molecule has 182 valence electrons. The van der Waals surface area contributed by atoms with E-state index in [-0.39, 0.29) is 17.9 Å². The summed E-state index contributed by atoms with van der Waals surface area (Å²) in [6.07, 6.45) is 3.25. The molecule has 0 aromatic carbocycles. The lowest BCUT2D eigenvalue weighted by Gasteiger charge is -2.26. The third kappa shape index (κ3) is 4.59. The van der Waals surface area contributed by atoms with E-state index in [0.717, 1.165) is 11.1 Å². The zero-order valence-corrected chi connectivity index (χ0v) is 20.2. The van der Waals surface area contributed by atoms with E-state index in [4.69, 9.17) is 19.1 Å². The van der Waals surface area contributed by atoms with Crippen molar-refractivity contribution in [2.75, 3.05) is 26.3 Å². The van der Waals surface area contributed by atoms with Crippen LogP contribution >= 0.6 is 0 Å². The first-order valence-electron chi connectivity index (χ1n) is 11.4. The summed E-state index contributed by atoms with van der Waals surface area (Å²) in [6.45, 7) is 10.6. The molecule has 0 atom stereocenters. The number of carbonyl (C=O) groups excluding carboxylic acids is 1. The number of pyridine rings is 1. The SMILES string of the molecule is Cc1cc(-c2nncc3c(C(C)(C)C)c(OCc4ccc(C(=O)N5CCOCC5)cn4)nn23)no1. The van der Waals surface area contributed by atoms with Gasteiger partial charge in [-0.05, 0) is 24.5 Å². The number of rotatable bonds is 5. The summed E-state index contributed by atoms with van der Waals surface area (Å²) < 4.78 is 18.3. The summed E-state index contributed by atoms with van der Waals surface area (Å²) in [5, 5.41) is 17.1. The molecule has 4 aromatic heterocycles. The fraction of sp³-hybridized carbons (Fsp3) is 0.417.